The fourth-order valence-electron chi connectivity index (χ4n) is 2.13. The smallest absolute Gasteiger partial charge is 0.232 e. The summed E-state index contributed by atoms with van der Waals surface area (Å²) >= 11 is 5.98. The summed E-state index contributed by atoms with van der Waals surface area (Å²) in [6.45, 7) is 7.38. The molecular weight excluding hydrogens is 262 g/mol. The van der Waals surface area contributed by atoms with Crippen LogP contribution in [0.3, 0.4) is 0 Å². The third-order valence-corrected chi connectivity index (χ3v) is 3.29. The van der Waals surface area contributed by atoms with Crippen molar-refractivity contribution in [2.75, 3.05) is 13.6 Å². The van der Waals surface area contributed by atoms with Gasteiger partial charge in [-0.3, -0.25) is 4.79 Å². The summed E-state index contributed by atoms with van der Waals surface area (Å²) in [7, 11) is 1.70. The first-order chi connectivity index (χ1) is 8.54. The van der Waals surface area contributed by atoms with Crippen LogP contribution < -0.4 is 0 Å². The predicted molar refractivity (Wildman–Crippen MR) is 78.4 cm³/mol. The molecule has 0 saturated heterocycles. The van der Waals surface area contributed by atoms with Crippen molar-refractivity contribution < 1.29 is 9.90 Å². The highest BCUT2D eigenvalue weighted by Crippen LogP contribution is 2.27. The molecule has 1 aromatic carbocycles. The van der Waals surface area contributed by atoms with E-state index in [0.29, 0.717) is 5.02 Å². The summed E-state index contributed by atoms with van der Waals surface area (Å²) in [4.78, 5) is 14.1. The van der Waals surface area contributed by atoms with Crippen LogP contribution in [0.5, 0.6) is 0 Å². The first-order valence-electron chi connectivity index (χ1n) is 6.28. The summed E-state index contributed by atoms with van der Waals surface area (Å²) in [5.41, 5.74) is -0.715. The molecule has 0 radical (unpaired) electrons. The van der Waals surface area contributed by atoms with Crippen LogP contribution in [0.4, 0.5) is 0 Å². The molecule has 106 valence electrons. The van der Waals surface area contributed by atoms with E-state index in [0.717, 1.165) is 5.56 Å². The predicted octanol–water partition coefficient (Wildman–Crippen LogP) is 2.85. The molecule has 1 N–H and O–H groups in total. The second kappa shape index (κ2) is 5.51. The van der Waals surface area contributed by atoms with Crippen LogP contribution in [0.25, 0.3) is 0 Å². The maximum absolute atomic E-state index is 12.5. The molecule has 0 saturated carbocycles. The van der Waals surface area contributed by atoms with Gasteiger partial charge in [-0.25, -0.2) is 0 Å². The fourth-order valence-corrected chi connectivity index (χ4v) is 2.32. The zero-order chi connectivity index (χ0) is 14.8. The lowest BCUT2D eigenvalue weighted by molar-refractivity contribution is -0.137. The van der Waals surface area contributed by atoms with Crippen molar-refractivity contribution >= 4 is 17.5 Å². The third-order valence-electron chi connectivity index (χ3n) is 3.05. The van der Waals surface area contributed by atoms with Gasteiger partial charge in [-0.05, 0) is 45.4 Å². The van der Waals surface area contributed by atoms with Crippen molar-refractivity contribution in [1.82, 2.24) is 4.90 Å². The molecule has 0 fully saturated rings. The summed E-state index contributed by atoms with van der Waals surface area (Å²) in [5, 5.41) is 10.4. The van der Waals surface area contributed by atoms with Crippen LogP contribution in [0.2, 0.25) is 5.02 Å². The summed E-state index contributed by atoms with van der Waals surface area (Å²) in [6.07, 6.45) is 0. The van der Waals surface area contributed by atoms with Gasteiger partial charge in [-0.2, -0.15) is 0 Å². The topological polar surface area (TPSA) is 40.5 Å². The Bertz CT molecular complexity index is 463. The Labute approximate surface area is 120 Å². The Morgan fingerprint density at radius 3 is 2.37 bits per heavy atom. The molecule has 0 bridgehead atoms. The zero-order valence-electron chi connectivity index (χ0n) is 12.2. The lowest BCUT2D eigenvalue weighted by atomic mass is 9.83. The molecule has 0 aliphatic heterocycles. The van der Waals surface area contributed by atoms with Crippen molar-refractivity contribution in [3.05, 3.63) is 34.9 Å². The first kappa shape index (κ1) is 16.0. The van der Waals surface area contributed by atoms with Crippen molar-refractivity contribution in [2.45, 2.75) is 38.7 Å². The molecule has 0 atom stereocenters. The third kappa shape index (κ3) is 4.22. The molecule has 1 rings (SSSR count). The van der Waals surface area contributed by atoms with Crippen LogP contribution >= 0.6 is 11.6 Å². The molecule has 0 aliphatic rings. The van der Waals surface area contributed by atoms with Gasteiger partial charge < -0.3 is 10.0 Å². The van der Waals surface area contributed by atoms with Crippen molar-refractivity contribution in [3.8, 4) is 0 Å². The Hall–Kier alpha value is -1.06. The average molecular weight is 284 g/mol. The van der Waals surface area contributed by atoms with E-state index in [4.69, 9.17) is 11.6 Å². The molecule has 1 amide bonds. The Kier molecular flexibility index (Phi) is 4.64. The van der Waals surface area contributed by atoms with Gasteiger partial charge >= 0.3 is 0 Å². The van der Waals surface area contributed by atoms with Gasteiger partial charge in [0.15, 0.2) is 0 Å². The van der Waals surface area contributed by atoms with Crippen LogP contribution in [0.15, 0.2) is 24.3 Å². The number of likely N-dealkylation sites (N-methyl/N-ethyl adjacent to an activating group) is 1. The number of carbonyl (C=O) groups excluding carboxylic acids is 1. The van der Waals surface area contributed by atoms with Gasteiger partial charge in [0.05, 0.1) is 11.0 Å². The average Bonchev–Trinajstić information content (AvgIpc) is 2.25. The maximum Gasteiger partial charge on any atom is 0.232 e. The van der Waals surface area contributed by atoms with Crippen LogP contribution in [-0.2, 0) is 10.2 Å². The van der Waals surface area contributed by atoms with Crippen molar-refractivity contribution in [3.63, 3.8) is 0 Å². The molecule has 19 heavy (non-hydrogen) atoms. The standard InChI is InChI=1S/C15H22ClNO2/c1-14(2,19)10-17(5)13(18)15(3,4)11-7-6-8-12(16)9-11/h6-9,19H,10H2,1-5H3. The number of halogens is 1. The molecule has 0 unspecified atom stereocenters. The van der Waals surface area contributed by atoms with Crippen molar-refractivity contribution in [2.24, 2.45) is 0 Å². The van der Waals surface area contributed by atoms with Crippen LogP contribution in [-0.4, -0.2) is 35.1 Å². The van der Waals surface area contributed by atoms with Gasteiger partial charge in [0, 0.05) is 18.6 Å². The SMILES string of the molecule is CN(CC(C)(C)O)C(=O)C(C)(C)c1cccc(Cl)c1. The second-order valence-corrected chi connectivity index (χ2v) is 6.55. The Morgan fingerprint density at radius 1 is 1.32 bits per heavy atom. The number of rotatable bonds is 4. The number of aliphatic hydroxyl groups is 1. The molecule has 0 aliphatic carbocycles. The van der Waals surface area contributed by atoms with Gasteiger partial charge in [0.2, 0.25) is 5.91 Å². The summed E-state index contributed by atoms with van der Waals surface area (Å²) in [5.74, 6) is -0.0445. The Morgan fingerprint density at radius 2 is 1.89 bits per heavy atom. The fraction of sp³-hybridized carbons (Fsp3) is 0.533. The minimum absolute atomic E-state index is 0.0445. The number of hydrogen-bond donors (Lipinski definition) is 1. The van der Waals surface area contributed by atoms with Gasteiger partial charge in [0.1, 0.15) is 0 Å². The molecule has 4 heteroatoms. The normalized spacial score (nSPS) is 12.4. The van der Waals surface area contributed by atoms with E-state index in [9.17, 15) is 9.90 Å². The van der Waals surface area contributed by atoms with E-state index in [1.807, 2.05) is 26.0 Å². The number of amides is 1. The van der Waals surface area contributed by atoms with E-state index in [-0.39, 0.29) is 12.5 Å². The van der Waals surface area contributed by atoms with E-state index in [1.54, 1.807) is 37.9 Å². The van der Waals surface area contributed by atoms with E-state index < -0.39 is 11.0 Å². The monoisotopic (exact) mass is 283 g/mol. The van der Waals surface area contributed by atoms with Gasteiger partial charge in [-0.1, -0.05) is 23.7 Å². The largest absolute Gasteiger partial charge is 0.389 e. The number of hydrogen-bond acceptors (Lipinski definition) is 2. The van der Waals surface area contributed by atoms with Gasteiger partial charge in [-0.15, -0.1) is 0 Å². The van der Waals surface area contributed by atoms with Crippen molar-refractivity contribution in [1.29, 1.82) is 0 Å². The lowest BCUT2D eigenvalue weighted by Crippen LogP contribution is -2.46. The molecule has 3 nitrogen and oxygen atoms in total. The number of benzene rings is 1. The molecule has 0 heterocycles. The maximum atomic E-state index is 12.5. The minimum atomic E-state index is -0.908. The van der Waals surface area contributed by atoms with Gasteiger partial charge in [0.25, 0.3) is 0 Å². The highest BCUT2D eigenvalue weighted by molar-refractivity contribution is 6.30. The zero-order valence-corrected chi connectivity index (χ0v) is 13.0. The second-order valence-electron chi connectivity index (χ2n) is 6.11. The van der Waals surface area contributed by atoms with E-state index in [1.165, 1.54) is 0 Å². The van der Waals surface area contributed by atoms with Crippen LogP contribution in [0.1, 0.15) is 33.3 Å². The summed E-state index contributed by atoms with van der Waals surface area (Å²) in [6, 6.07) is 7.31. The molecular formula is C15H22ClNO2. The number of carbonyl (C=O) groups is 1. The molecule has 1 aromatic rings. The molecule has 0 spiro atoms. The molecule has 0 aromatic heterocycles. The highest BCUT2D eigenvalue weighted by Gasteiger charge is 2.34. The Balaban J connectivity index is 2.97. The van der Waals surface area contributed by atoms with E-state index >= 15 is 0 Å². The number of nitrogens with zero attached hydrogens (tertiary/aromatic N) is 1. The van der Waals surface area contributed by atoms with Crippen LogP contribution in [0, 0.1) is 0 Å². The quantitative estimate of drug-likeness (QED) is 0.923. The summed E-state index contributed by atoms with van der Waals surface area (Å²) < 4.78 is 0. The first-order valence-corrected chi connectivity index (χ1v) is 6.66. The lowest BCUT2D eigenvalue weighted by Gasteiger charge is -2.33. The minimum Gasteiger partial charge on any atom is -0.389 e. The highest BCUT2D eigenvalue weighted by atomic mass is 35.5. The van der Waals surface area contributed by atoms with E-state index in [2.05, 4.69) is 0 Å².